The van der Waals surface area contributed by atoms with Crippen LogP contribution in [0.3, 0.4) is 0 Å². The van der Waals surface area contributed by atoms with Crippen LogP contribution < -0.4 is 10.6 Å². The number of carbonyl (C=O) groups excluding carboxylic acids is 1. The molecule has 0 aliphatic rings. The summed E-state index contributed by atoms with van der Waals surface area (Å²) in [5, 5.41) is 23.3. The number of aliphatic carboxylic acids is 1. The van der Waals surface area contributed by atoms with Crippen molar-refractivity contribution in [1.82, 2.24) is 10.6 Å². The summed E-state index contributed by atoms with van der Waals surface area (Å²) in [4.78, 5) is 21.6. The summed E-state index contributed by atoms with van der Waals surface area (Å²) in [7, 11) is 1.64. The number of aliphatic hydroxyl groups is 1. The summed E-state index contributed by atoms with van der Waals surface area (Å²) < 4.78 is 0. The molecule has 0 aromatic carbocycles. The fraction of sp³-hybridized carbons (Fsp3) is 0.778. The van der Waals surface area contributed by atoms with Crippen molar-refractivity contribution in [2.24, 2.45) is 0 Å². The van der Waals surface area contributed by atoms with Crippen LogP contribution in [0.5, 0.6) is 0 Å². The molecule has 6 nitrogen and oxygen atoms in total. The molecule has 0 saturated heterocycles. The van der Waals surface area contributed by atoms with Crippen LogP contribution in [0.1, 0.15) is 20.3 Å². The minimum Gasteiger partial charge on any atom is -0.481 e. The van der Waals surface area contributed by atoms with Gasteiger partial charge in [0.25, 0.3) is 0 Å². The van der Waals surface area contributed by atoms with E-state index in [4.69, 9.17) is 5.11 Å². The molecule has 0 aliphatic carbocycles. The second kappa shape index (κ2) is 5.67. The Balaban J connectivity index is 4.03. The summed E-state index contributed by atoms with van der Waals surface area (Å²) in [6.45, 7) is 2.96. The number of hydrogen-bond acceptors (Lipinski definition) is 4. The zero-order valence-electron chi connectivity index (χ0n) is 9.20. The topological polar surface area (TPSA) is 98.7 Å². The third-order valence-electron chi connectivity index (χ3n) is 2.00. The number of carboxylic acid groups (broad SMARTS) is 1. The van der Waals surface area contributed by atoms with Crippen LogP contribution in [0, 0.1) is 0 Å². The van der Waals surface area contributed by atoms with E-state index >= 15 is 0 Å². The second-order valence-corrected chi connectivity index (χ2v) is 3.80. The Kier molecular flexibility index (Phi) is 5.24. The highest BCUT2D eigenvalue weighted by Gasteiger charge is 2.25. The van der Waals surface area contributed by atoms with Gasteiger partial charge in [-0.05, 0) is 20.9 Å². The molecule has 0 fully saturated rings. The standard InChI is InChI=1S/C9H18N2O4/c1-6(10-3)8(14)11-5-9(2,15)4-7(12)13/h6,10,15H,4-5H2,1-3H3,(H,11,14)(H,12,13). The average Bonchev–Trinajstić information content (AvgIpc) is 2.11. The maximum absolute atomic E-state index is 11.3. The number of carboxylic acids is 1. The molecule has 0 radical (unpaired) electrons. The first-order valence-corrected chi connectivity index (χ1v) is 4.67. The highest BCUT2D eigenvalue weighted by Crippen LogP contribution is 2.07. The number of amides is 1. The van der Waals surface area contributed by atoms with E-state index in [0.717, 1.165) is 0 Å². The molecular weight excluding hydrogens is 200 g/mol. The quantitative estimate of drug-likeness (QED) is 0.455. The summed E-state index contributed by atoms with van der Waals surface area (Å²) in [6, 6.07) is -0.370. The van der Waals surface area contributed by atoms with E-state index in [2.05, 4.69) is 10.6 Å². The van der Waals surface area contributed by atoms with Crippen LogP contribution in [0.2, 0.25) is 0 Å². The van der Waals surface area contributed by atoms with Gasteiger partial charge in [0.2, 0.25) is 5.91 Å². The Morgan fingerprint density at radius 2 is 2.00 bits per heavy atom. The first kappa shape index (κ1) is 13.9. The number of likely N-dealkylation sites (N-methyl/N-ethyl adjacent to an activating group) is 1. The zero-order chi connectivity index (χ0) is 12.1. The van der Waals surface area contributed by atoms with Gasteiger partial charge in [0, 0.05) is 6.54 Å². The zero-order valence-corrected chi connectivity index (χ0v) is 9.20. The molecule has 0 heterocycles. The number of rotatable bonds is 6. The van der Waals surface area contributed by atoms with E-state index in [1.807, 2.05) is 0 Å². The fourth-order valence-electron chi connectivity index (χ4n) is 0.950. The molecular formula is C9H18N2O4. The van der Waals surface area contributed by atoms with E-state index in [0.29, 0.717) is 0 Å². The second-order valence-electron chi connectivity index (χ2n) is 3.80. The van der Waals surface area contributed by atoms with Crippen LogP contribution in [0.4, 0.5) is 0 Å². The van der Waals surface area contributed by atoms with Gasteiger partial charge in [-0.15, -0.1) is 0 Å². The molecule has 15 heavy (non-hydrogen) atoms. The lowest BCUT2D eigenvalue weighted by Crippen LogP contribution is -2.47. The molecule has 2 unspecified atom stereocenters. The van der Waals surface area contributed by atoms with Gasteiger partial charge in [0.15, 0.2) is 0 Å². The molecule has 0 aromatic heterocycles. The fourth-order valence-corrected chi connectivity index (χ4v) is 0.950. The molecule has 0 aromatic rings. The number of nitrogens with one attached hydrogen (secondary N) is 2. The molecule has 6 heteroatoms. The van der Waals surface area contributed by atoms with E-state index in [-0.39, 0.29) is 18.5 Å². The van der Waals surface area contributed by atoms with Crippen LogP contribution in [0.15, 0.2) is 0 Å². The van der Waals surface area contributed by atoms with Gasteiger partial charge in [-0.25, -0.2) is 0 Å². The van der Waals surface area contributed by atoms with Crippen molar-refractivity contribution in [2.45, 2.75) is 31.9 Å². The van der Waals surface area contributed by atoms with Crippen LogP contribution in [-0.2, 0) is 9.59 Å². The predicted octanol–water partition coefficient (Wildman–Crippen LogP) is -1.06. The Morgan fingerprint density at radius 3 is 2.40 bits per heavy atom. The SMILES string of the molecule is CNC(C)C(=O)NCC(C)(O)CC(=O)O. The maximum atomic E-state index is 11.3. The van der Waals surface area contributed by atoms with Gasteiger partial charge < -0.3 is 20.8 Å². The largest absolute Gasteiger partial charge is 0.481 e. The highest BCUT2D eigenvalue weighted by molar-refractivity contribution is 5.81. The molecule has 2 atom stereocenters. The van der Waals surface area contributed by atoms with Gasteiger partial charge in [-0.2, -0.15) is 0 Å². The van der Waals surface area contributed by atoms with Gasteiger partial charge in [-0.3, -0.25) is 9.59 Å². The normalized spacial score (nSPS) is 16.5. The van der Waals surface area contributed by atoms with E-state index in [1.165, 1.54) is 6.92 Å². The number of hydrogen-bond donors (Lipinski definition) is 4. The molecule has 0 rings (SSSR count). The van der Waals surface area contributed by atoms with Crippen molar-refractivity contribution >= 4 is 11.9 Å². The van der Waals surface area contributed by atoms with Crippen molar-refractivity contribution in [2.75, 3.05) is 13.6 Å². The third kappa shape index (κ3) is 6.03. The monoisotopic (exact) mass is 218 g/mol. The van der Waals surface area contributed by atoms with Gasteiger partial charge >= 0.3 is 5.97 Å². The molecule has 88 valence electrons. The van der Waals surface area contributed by atoms with Crippen molar-refractivity contribution in [3.05, 3.63) is 0 Å². The lowest BCUT2D eigenvalue weighted by Gasteiger charge is -2.22. The first-order chi connectivity index (χ1) is 6.78. The van der Waals surface area contributed by atoms with E-state index in [9.17, 15) is 14.7 Å². The Labute approximate surface area is 88.7 Å². The smallest absolute Gasteiger partial charge is 0.306 e. The van der Waals surface area contributed by atoms with E-state index < -0.39 is 18.0 Å². The molecule has 4 N–H and O–H groups in total. The summed E-state index contributed by atoms with van der Waals surface area (Å²) >= 11 is 0. The lowest BCUT2D eigenvalue weighted by atomic mass is 10.0. The van der Waals surface area contributed by atoms with Gasteiger partial charge in [-0.1, -0.05) is 0 Å². The van der Waals surface area contributed by atoms with Crippen LogP contribution in [0.25, 0.3) is 0 Å². The molecule has 1 amide bonds. The Hall–Kier alpha value is -1.14. The van der Waals surface area contributed by atoms with Gasteiger partial charge in [0.1, 0.15) is 0 Å². The summed E-state index contributed by atoms with van der Waals surface area (Å²) in [6.07, 6.45) is -0.402. The third-order valence-corrected chi connectivity index (χ3v) is 2.00. The summed E-state index contributed by atoms with van der Waals surface area (Å²) in [5.41, 5.74) is -1.42. The number of carbonyl (C=O) groups is 2. The molecule has 0 bridgehead atoms. The molecule has 0 spiro atoms. The lowest BCUT2D eigenvalue weighted by molar-refractivity contribution is -0.142. The average molecular weight is 218 g/mol. The van der Waals surface area contributed by atoms with Gasteiger partial charge in [0.05, 0.1) is 18.1 Å². The summed E-state index contributed by atoms with van der Waals surface area (Å²) in [5.74, 6) is -1.38. The first-order valence-electron chi connectivity index (χ1n) is 4.67. The van der Waals surface area contributed by atoms with Crippen molar-refractivity contribution in [1.29, 1.82) is 0 Å². The molecule has 0 saturated carbocycles. The van der Waals surface area contributed by atoms with Crippen LogP contribution in [-0.4, -0.2) is 47.3 Å². The van der Waals surface area contributed by atoms with Crippen LogP contribution >= 0.6 is 0 Å². The maximum Gasteiger partial charge on any atom is 0.306 e. The minimum absolute atomic E-state index is 0.0792. The highest BCUT2D eigenvalue weighted by atomic mass is 16.4. The Bertz CT molecular complexity index is 240. The van der Waals surface area contributed by atoms with Crippen molar-refractivity contribution < 1.29 is 19.8 Å². The van der Waals surface area contributed by atoms with Crippen molar-refractivity contribution in [3.63, 3.8) is 0 Å². The predicted molar refractivity (Wildman–Crippen MR) is 54.4 cm³/mol. The minimum atomic E-state index is -1.42. The Morgan fingerprint density at radius 1 is 1.47 bits per heavy atom. The van der Waals surface area contributed by atoms with Crippen molar-refractivity contribution in [3.8, 4) is 0 Å². The molecule has 0 aliphatic heterocycles. The van der Waals surface area contributed by atoms with E-state index in [1.54, 1.807) is 14.0 Å².